The summed E-state index contributed by atoms with van der Waals surface area (Å²) in [5, 5.41) is -0.0210. The van der Waals surface area contributed by atoms with Gasteiger partial charge in [0.15, 0.2) is 6.61 Å². The van der Waals surface area contributed by atoms with Crippen molar-refractivity contribution >= 4 is 33.5 Å². The Kier molecular flexibility index (Phi) is 4.35. The van der Waals surface area contributed by atoms with Crippen LogP contribution in [0.15, 0.2) is 16.6 Å². The molecule has 0 aliphatic heterocycles. The van der Waals surface area contributed by atoms with E-state index in [0.29, 0.717) is 4.47 Å². The number of benzene rings is 1. The summed E-state index contributed by atoms with van der Waals surface area (Å²) in [4.78, 5) is 10.8. The van der Waals surface area contributed by atoms with Crippen LogP contribution in [0.3, 0.4) is 0 Å². The monoisotopic (exact) mass is 296 g/mol. The summed E-state index contributed by atoms with van der Waals surface area (Å²) in [5.74, 6) is -0.959. The lowest BCUT2D eigenvalue weighted by molar-refractivity contribution is -0.142. The smallest absolute Gasteiger partial charge is 0.343 e. The van der Waals surface area contributed by atoms with E-state index in [-0.39, 0.29) is 17.4 Å². The van der Waals surface area contributed by atoms with Crippen molar-refractivity contribution in [3.63, 3.8) is 0 Å². The number of methoxy groups -OCH3 is 1. The lowest BCUT2D eigenvalue weighted by Gasteiger charge is -2.07. The van der Waals surface area contributed by atoms with E-state index < -0.39 is 11.8 Å². The Morgan fingerprint density at radius 1 is 1.60 bits per heavy atom. The molecule has 0 bridgehead atoms. The molecule has 15 heavy (non-hydrogen) atoms. The van der Waals surface area contributed by atoms with Crippen molar-refractivity contribution in [2.24, 2.45) is 0 Å². The van der Waals surface area contributed by atoms with Gasteiger partial charge in [-0.15, -0.1) is 0 Å². The van der Waals surface area contributed by atoms with Gasteiger partial charge in [-0.2, -0.15) is 0 Å². The quantitative estimate of drug-likeness (QED) is 0.636. The molecule has 1 aromatic carbocycles. The van der Waals surface area contributed by atoms with E-state index in [1.54, 1.807) is 0 Å². The molecule has 6 heteroatoms. The molecule has 0 heterocycles. The van der Waals surface area contributed by atoms with Gasteiger partial charge in [0, 0.05) is 6.07 Å². The number of hydrogen-bond acceptors (Lipinski definition) is 3. The average Bonchev–Trinajstić information content (AvgIpc) is 2.21. The van der Waals surface area contributed by atoms with Gasteiger partial charge in [-0.05, 0) is 22.0 Å². The standard InChI is InChI=1S/C9H7BrClFO3/c1-14-9(13)4-15-8-3-7(12)6(11)2-5(8)10/h2-3H,4H2,1H3. The zero-order valence-electron chi connectivity index (χ0n) is 7.72. The highest BCUT2D eigenvalue weighted by molar-refractivity contribution is 9.10. The summed E-state index contributed by atoms with van der Waals surface area (Å²) >= 11 is 8.65. The summed E-state index contributed by atoms with van der Waals surface area (Å²) in [6.07, 6.45) is 0. The molecular weight excluding hydrogens is 290 g/mol. The predicted molar refractivity (Wildman–Crippen MR) is 56.6 cm³/mol. The van der Waals surface area contributed by atoms with Crippen LogP contribution in [0.1, 0.15) is 0 Å². The van der Waals surface area contributed by atoms with Crippen molar-refractivity contribution in [1.29, 1.82) is 0 Å². The summed E-state index contributed by atoms with van der Waals surface area (Å²) in [7, 11) is 1.24. The summed E-state index contributed by atoms with van der Waals surface area (Å²) in [5.41, 5.74) is 0. The number of hydrogen-bond donors (Lipinski definition) is 0. The lowest BCUT2D eigenvalue weighted by Crippen LogP contribution is -2.12. The summed E-state index contributed by atoms with van der Waals surface area (Å²) < 4.78 is 22.9. The van der Waals surface area contributed by atoms with Crippen molar-refractivity contribution < 1.29 is 18.7 Å². The van der Waals surface area contributed by atoms with Gasteiger partial charge in [0.1, 0.15) is 11.6 Å². The van der Waals surface area contributed by atoms with E-state index >= 15 is 0 Å². The number of carbonyl (C=O) groups excluding carboxylic acids is 1. The number of ether oxygens (including phenoxy) is 2. The second kappa shape index (κ2) is 5.32. The van der Waals surface area contributed by atoms with Gasteiger partial charge < -0.3 is 9.47 Å². The molecule has 1 rings (SSSR count). The fraction of sp³-hybridized carbons (Fsp3) is 0.222. The third-order valence-electron chi connectivity index (χ3n) is 1.55. The molecule has 0 amide bonds. The average molecular weight is 298 g/mol. The minimum Gasteiger partial charge on any atom is -0.481 e. The highest BCUT2D eigenvalue weighted by atomic mass is 79.9. The molecule has 0 saturated heterocycles. The normalized spacial score (nSPS) is 9.87. The van der Waals surface area contributed by atoms with Gasteiger partial charge in [0.25, 0.3) is 0 Å². The van der Waals surface area contributed by atoms with Crippen molar-refractivity contribution in [1.82, 2.24) is 0 Å². The predicted octanol–water partition coefficient (Wildman–Crippen LogP) is 2.79. The molecule has 0 saturated carbocycles. The molecule has 0 spiro atoms. The second-order valence-electron chi connectivity index (χ2n) is 2.56. The molecule has 0 N–H and O–H groups in total. The highest BCUT2D eigenvalue weighted by Crippen LogP contribution is 2.30. The van der Waals surface area contributed by atoms with E-state index in [4.69, 9.17) is 16.3 Å². The molecule has 0 aliphatic carbocycles. The van der Waals surface area contributed by atoms with Crippen LogP contribution in [0.2, 0.25) is 5.02 Å². The van der Waals surface area contributed by atoms with Crippen LogP contribution in [0.25, 0.3) is 0 Å². The minimum absolute atomic E-state index is 0.0210. The van der Waals surface area contributed by atoms with Crippen molar-refractivity contribution in [2.75, 3.05) is 13.7 Å². The van der Waals surface area contributed by atoms with Gasteiger partial charge in [0.2, 0.25) is 0 Å². The Bertz CT molecular complexity index is 384. The maximum Gasteiger partial charge on any atom is 0.343 e. The van der Waals surface area contributed by atoms with Crippen molar-refractivity contribution in [3.05, 3.63) is 27.4 Å². The minimum atomic E-state index is -0.611. The third kappa shape index (κ3) is 3.35. The van der Waals surface area contributed by atoms with Crippen LogP contribution in [0.5, 0.6) is 5.75 Å². The Balaban J connectivity index is 2.77. The molecule has 0 unspecified atom stereocenters. The van der Waals surface area contributed by atoms with Crippen molar-refractivity contribution in [3.8, 4) is 5.75 Å². The number of esters is 1. The first-order chi connectivity index (χ1) is 7.04. The van der Waals surface area contributed by atoms with E-state index in [0.717, 1.165) is 6.07 Å². The molecule has 82 valence electrons. The Morgan fingerprint density at radius 3 is 2.87 bits per heavy atom. The third-order valence-corrected chi connectivity index (χ3v) is 2.46. The first-order valence-electron chi connectivity index (χ1n) is 3.88. The van der Waals surface area contributed by atoms with Crippen LogP contribution in [0.4, 0.5) is 4.39 Å². The Hall–Kier alpha value is -0.810. The van der Waals surface area contributed by atoms with E-state index in [1.807, 2.05) is 0 Å². The van der Waals surface area contributed by atoms with Gasteiger partial charge in [-0.25, -0.2) is 9.18 Å². The lowest BCUT2D eigenvalue weighted by atomic mass is 10.3. The van der Waals surface area contributed by atoms with Crippen LogP contribution in [0, 0.1) is 5.82 Å². The Labute approximate surface area is 99.3 Å². The van der Waals surface area contributed by atoms with Crippen molar-refractivity contribution in [2.45, 2.75) is 0 Å². The SMILES string of the molecule is COC(=O)COc1cc(F)c(Cl)cc1Br. The fourth-order valence-corrected chi connectivity index (χ4v) is 1.56. The second-order valence-corrected chi connectivity index (χ2v) is 3.82. The number of halogens is 3. The molecule has 0 aliphatic rings. The van der Waals surface area contributed by atoms with Gasteiger partial charge in [-0.1, -0.05) is 11.6 Å². The van der Waals surface area contributed by atoms with E-state index in [1.165, 1.54) is 13.2 Å². The molecule has 0 fully saturated rings. The largest absolute Gasteiger partial charge is 0.481 e. The van der Waals surface area contributed by atoms with Crippen LogP contribution < -0.4 is 4.74 Å². The molecule has 0 radical (unpaired) electrons. The molecule has 0 atom stereocenters. The van der Waals surface area contributed by atoms with Gasteiger partial charge in [-0.3, -0.25) is 0 Å². The van der Waals surface area contributed by atoms with E-state index in [9.17, 15) is 9.18 Å². The molecule has 0 aromatic heterocycles. The zero-order valence-corrected chi connectivity index (χ0v) is 10.1. The number of rotatable bonds is 3. The van der Waals surface area contributed by atoms with Gasteiger partial charge >= 0.3 is 5.97 Å². The number of carbonyl (C=O) groups is 1. The molecular formula is C9H7BrClFO3. The van der Waals surface area contributed by atoms with Gasteiger partial charge in [0.05, 0.1) is 16.6 Å². The first-order valence-corrected chi connectivity index (χ1v) is 5.06. The highest BCUT2D eigenvalue weighted by Gasteiger charge is 2.09. The Morgan fingerprint density at radius 2 is 2.27 bits per heavy atom. The first kappa shape index (κ1) is 12.3. The molecule has 1 aromatic rings. The summed E-state index contributed by atoms with van der Waals surface area (Å²) in [6.45, 7) is -0.282. The zero-order chi connectivity index (χ0) is 11.4. The van der Waals surface area contributed by atoms with Crippen LogP contribution >= 0.6 is 27.5 Å². The van der Waals surface area contributed by atoms with E-state index in [2.05, 4.69) is 20.7 Å². The molecule has 3 nitrogen and oxygen atoms in total. The van der Waals surface area contributed by atoms with Crippen LogP contribution in [-0.4, -0.2) is 19.7 Å². The maximum absolute atomic E-state index is 13.0. The fourth-order valence-electron chi connectivity index (χ4n) is 0.811. The van der Waals surface area contributed by atoms with Crippen LogP contribution in [-0.2, 0) is 9.53 Å². The maximum atomic E-state index is 13.0. The summed E-state index contributed by atoms with van der Waals surface area (Å²) in [6, 6.07) is 2.44. The topological polar surface area (TPSA) is 35.5 Å².